The van der Waals surface area contributed by atoms with Crippen LogP contribution in [0.4, 0.5) is 5.69 Å². The molecule has 0 radical (unpaired) electrons. The van der Waals surface area contributed by atoms with Crippen molar-refractivity contribution in [3.63, 3.8) is 0 Å². The van der Waals surface area contributed by atoms with Crippen LogP contribution in [0, 0.1) is 0 Å². The molecule has 116 valence electrons. The van der Waals surface area contributed by atoms with Crippen LogP contribution in [-0.2, 0) is 9.53 Å². The van der Waals surface area contributed by atoms with Crippen molar-refractivity contribution in [1.29, 1.82) is 0 Å². The molecule has 2 amide bonds. The van der Waals surface area contributed by atoms with E-state index in [0.29, 0.717) is 29.4 Å². The fourth-order valence-corrected chi connectivity index (χ4v) is 1.77. The predicted octanol–water partition coefficient (Wildman–Crippen LogP) is 0.508. The lowest BCUT2D eigenvalue weighted by Gasteiger charge is -2.10. The maximum atomic E-state index is 12.0. The van der Waals surface area contributed by atoms with Crippen LogP contribution in [-0.4, -0.2) is 38.6 Å². The smallest absolute Gasteiger partial charge is 0.253 e. The molecular weight excluding hydrogens is 296 g/mol. The zero-order valence-corrected chi connectivity index (χ0v) is 12.5. The number of carbonyl (C=O) groups is 2. The molecule has 0 saturated heterocycles. The van der Waals surface area contributed by atoms with Crippen molar-refractivity contribution in [3.05, 3.63) is 28.8 Å². The molecule has 1 aromatic rings. The van der Waals surface area contributed by atoms with Gasteiger partial charge in [-0.15, -0.1) is 0 Å². The molecule has 0 unspecified atom stereocenters. The number of carbonyl (C=O) groups excluding carboxylic acids is 2. The van der Waals surface area contributed by atoms with Gasteiger partial charge in [0.25, 0.3) is 5.91 Å². The molecule has 0 aromatic heterocycles. The van der Waals surface area contributed by atoms with Crippen molar-refractivity contribution >= 4 is 29.1 Å². The first-order valence-corrected chi connectivity index (χ1v) is 6.76. The molecule has 0 spiro atoms. The summed E-state index contributed by atoms with van der Waals surface area (Å²) in [5.41, 5.74) is 3.21. The third-order valence-corrected chi connectivity index (χ3v) is 2.88. The molecule has 0 bridgehead atoms. The van der Waals surface area contributed by atoms with E-state index in [4.69, 9.17) is 22.2 Å². The van der Waals surface area contributed by atoms with E-state index in [1.807, 2.05) is 0 Å². The first-order valence-electron chi connectivity index (χ1n) is 6.38. The van der Waals surface area contributed by atoms with Gasteiger partial charge in [-0.25, -0.2) is 0 Å². The molecule has 0 atom stereocenters. The van der Waals surface area contributed by atoms with Crippen LogP contribution in [0.5, 0.6) is 0 Å². The summed E-state index contributed by atoms with van der Waals surface area (Å²) in [6, 6.07) is 4.73. The van der Waals surface area contributed by atoms with Crippen LogP contribution in [0.15, 0.2) is 18.2 Å². The van der Waals surface area contributed by atoms with Crippen molar-refractivity contribution in [1.82, 2.24) is 10.6 Å². The maximum absolute atomic E-state index is 12.0. The number of nitrogen functional groups attached to an aromatic ring is 1. The van der Waals surface area contributed by atoms with Gasteiger partial charge in [0, 0.05) is 31.6 Å². The van der Waals surface area contributed by atoms with Gasteiger partial charge in [0.05, 0.1) is 17.9 Å². The number of hydrogen-bond donors (Lipinski definition) is 4. The van der Waals surface area contributed by atoms with E-state index in [1.54, 1.807) is 19.2 Å². The molecule has 21 heavy (non-hydrogen) atoms. The van der Waals surface area contributed by atoms with E-state index in [9.17, 15) is 9.59 Å². The zero-order valence-electron chi connectivity index (χ0n) is 11.7. The number of ether oxygens (including phenoxy) is 1. The number of anilines is 1. The molecule has 0 heterocycles. The van der Waals surface area contributed by atoms with E-state index in [1.165, 1.54) is 6.07 Å². The van der Waals surface area contributed by atoms with Crippen LogP contribution >= 0.6 is 11.6 Å². The number of nitrogens with one attached hydrogen (secondary N) is 3. The average molecular weight is 315 g/mol. The number of methoxy groups -OCH3 is 1. The summed E-state index contributed by atoms with van der Waals surface area (Å²) < 4.78 is 4.81. The Labute approximate surface area is 128 Å². The summed E-state index contributed by atoms with van der Waals surface area (Å²) in [6.45, 7) is 1.11. The Morgan fingerprint density at radius 3 is 2.71 bits per heavy atom. The fraction of sp³-hybridized carbons (Fsp3) is 0.385. The highest BCUT2D eigenvalue weighted by Crippen LogP contribution is 2.19. The number of nitrogens with two attached hydrogens (primary N) is 1. The van der Waals surface area contributed by atoms with Gasteiger partial charge >= 0.3 is 0 Å². The molecule has 0 aliphatic carbocycles. The highest BCUT2D eigenvalue weighted by Gasteiger charge is 2.11. The molecule has 1 aromatic carbocycles. The first-order chi connectivity index (χ1) is 10.1. The Bertz CT molecular complexity index is 496. The van der Waals surface area contributed by atoms with Gasteiger partial charge < -0.3 is 20.8 Å². The number of hydrogen-bond acceptors (Lipinski definition) is 5. The lowest BCUT2D eigenvalue weighted by molar-refractivity contribution is -0.121. The van der Waals surface area contributed by atoms with Gasteiger partial charge in [-0.05, 0) is 18.2 Å². The number of amides is 2. The summed E-state index contributed by atoms with van der Waals surface area (Å²) in [6.07, 6.45) is 0.182. The van der Waals surface area contributed by atoms with Crippen LogP contribution < -0.4 is 21.9 Å². The minimum atomic E-state index is -0.352. The highest BCUT2D eigenvalue weighted by atomic mass is 35.5. The van der Waals surface area contributed by atoms with Gasteiger partial charge in [0.15, 0.2) is 0 Å². The van der Waals surface area contributed by atoms with Crippen molar-refractivity contribution in [2.75, 3.05) is 32.2 Å². The van der Waals surface area contributed by atoms with Crippen molar-refractivity contribution in [2.24, 2.45) is 5.84 Å². The standard InChI is InChI=1S/C13H19ClN4O3/c1-21-7-6-16-12(19)4-5-17-13(20)10-8-9(14)2-3-11(10)18-15/h2-3,8,18H,4-7,15H2,1H3,(H,16,19)(H,17,20). The van der Waals surface area contributed by atoms with Crippen LogP contribution in [0.3, 0.4) is 0 Å². The second kappa shape index (κ2) is 9.17. The van der Waals surface area contributed by atoms with Crippen molar-refractivity contribution in [3.8, 4) is 0 Å². The van der Waals surface area contributed by atoms with Crippen LogP contribution in [0.25, 0.3) is 0 Å². The van der Waals surface area contributed by atoms with Crippen LogP contribution in [0.2, 0.25) is 5.02 Å². The molecule has 0 aliphatic rings. The summed E-state index contributed by atoms with van der Waals surface area (Å²) in [4.78, 5) is 23.4. The SMILES string of the molecule is COCCNC(=O)CCNC(=O)c1cc(Cl)ccc1NN. The fourth-order valence-electron chi connectivity index (χ4n) is 1.60. The number of benzene rings is 1. The van der Waals surface area contributed by atoms with E-state index >= 15 is 0 Å². The quantitative estimate of drug-likeness (QED) is 0.318. The van der Waals surface area contributed by atoms with E-state index in [2.05, 4.69) is 16.1 Å². The van der Waals surface area contributed by atoms with Gasteiger partial charge in [-0.3, -0.25) is 15.4 Å². The minimum absolute atomic E-state index is 0.157. The van der Waals surface area contributed by atoms with Crippen molar-refractivity contribution in [2.45, 2.75) is 6.42 Å². The van der Waals surface area contributed by atoms with Gasteiger partial charge in [0.1, 0.15) is 0 Å². The molecule has 0 saturated carbocycles. The lowest BCUT2D eigenvalue weighted by Crippen LogP contribution is -2.32. The summed E-state index contributed by atoms with van der Waals surface area (Å²) in [5.74, 6) is 4.83. The van der Waals surface area contributed by atoms with Gasteiger partial charge in [0.2, 0.25) is 5.91 Å². The summed E-state index contributed by atoms with van der Waals surface area (Å²) in [7, 11) is 1.56. The molecule has 0 aliphatic heterocycles. The minimum Gasteiger partial charge on any atom is -0.383 e. The predicted molar refractivity (Wildman–Crippen MR) is 81.1 cm³/mol. The second-order valence-corrected chi connectivity index (χ2v) is 4.62. The largest absolute Gasteiger partial charge is 0.383 e. The normalized spacial score (nSPS) is 10.0. The number of hydrazine groups is 1. The average Bonchev–Trinajstić information content (AvgIpc) is 2.47. The molecule has 8 heteroatoms. The van der Waals surface area contributed by atoms with Crippen LogP contribution in [0.1, 0.15) is 16.8 Å². The number of halogens is 1. The topological polar surface area (TPSA) is 105 Å². The van der Waals surface area contributed by atoms with Gasteiger partial charge in [-0.1, -0.05) is 11.6 Å². The molecule has 0 fully saturated rings. The summed E-state index contributed by atoms with van der Waals surface area (Å²) in [5, 5.41) is 5.72. The Morgan fingerprint density at radius 1 is 1.29 bits per heavy atom. The maximum Gasteiger partial charge on any atom is 0.253 e. The van der Waals surface area contributed by atoms with E-state index in [0.717, 1.165) is 0 Å². The Hall–Kier alpha value is -1.83. The molecule has 5 N–H and O–H groups in total. The Morgan fingerprint density at radius 2 is 2.05 bits per heavy atom. The second-order valence-electron chi connectivity index (χ2n) is 4.18. The summed E-state index contributed by atoms with van der Waals surface area (Å²) >= 11 is 5.85. The Balaban J connectivity index is 2.44. The van der Waals surface area contributed by atoms with E-state index in [-0.39, 0.29) is 24.8 Å². The monoisotopic (exact) mass is 314 g/mol. The Kier molecular flexibility index (Phi) is 7.52. The molecule has 7 nitrogen and oxygen atoms in total. The third-order valence-electron chi connectivity index (χ3n) is 2.65. The van der Waals surface area contributed by atoms with E-state index < -0.39 is 0 Å². The first kappa shape index (κ1) is 17.2. The van der Waals surface area contributed by atoms with Crippen molar-refractivity contribution < 1.29 is 14.3 Å². The highest BCUT2D eigenvalue weighted by molar-refractivity contribution is 6.31. The zero-order chi connectivity index (χ0) is 15.7. The lowest BCUT2D eigenvalue weighted by atomic mass is 10.1. The van der Waals surface area contributed by atoms with Gasteiger partial charge in [-0.2, -0.15) is 0 Å². The third kappa shape index (κ3) is 5.99. The molecular formula is C13H19ClN4O3. The number of rotatable bonds is 8. The molecule has 1 rings (SSSR count).